The average molecular weight is 283 g/mol. The first kappa shape index (κ1) is 15.4. The fraction of sp³-hybridized carbons (Fsp3) is 0.625. The molecular formula is C16H23F2NO. The summed E-state index contributed by atoms with van der Waals surface area (Å²) in [4.78, 5) is 0. The summed E-state index contributed by atoms with van der Waals surface area (Å²) in [5.41, 5.74) is 0.575. The van der Waals surface area contributed by atoms with Crippen molar-refractivity contribution in [3.63, 3.8) is 0 Å². The minimum Gasteiger partial charge on any atom is -0.381 e. The van der Waals surface area contributed by atoms with Crippen molar-refractivity contribution in [2.75, 3.05) is 19.8 Å². The van der Waals surface area contributed by atoms with E-state index in [2.05, 4.69) is 12.2 Å². The fourth-order valence-corrected chi connectivity index (χ4v) is 2.74. The third-order valence-corrected chi connectivity index (χ3v) is 3.88. The molecule has 0 spiro atoms. The molecule has 1 fully saturated rings. The van der Waals surface area contributed by atoms with Gasteiger partial charge in [-0.2, -0.15) is 0 Å². The smallest absolute Gasteiger partial charge is 0.129 e. The molecule has 2 atom stereocenters. The first-order valence-corrected chi connectivity index (χ1v) is 7.45. The van der Waals surface area contributed by atoms with E-state index in [1.165, 1.54) is 6.07 Å². The Hall–Kier alpha value is -1.00. The van der Waals surface area contributed by atoms with E-state index in [-0.39, 0.29) is 6.04 Å². The number of hydrogen-bond donors (Lipinski definition) is 1. The van der Waals surface area contributed by atoms with Crippen LogP contribution in [0.2, 0.25) is 0 Å². The lowest BCUT2D eigenvalue weighted by atomic mass is 9.89. The topological polar surface area (TPSA) is 21.3 Å². The zero-order valence-electron chi connectivity index (χ0n) is 12.0. The van der Waals surface area contributed by atoms with Crippen molar-refractivity contribution in [2.45, 2.75) is 38.6 Å². The van der Waals surface area contributed by atoms with Gasteiger partial charge in [0.2, 0.25) is 0 Å². The predicted octanol–water partition coefficient (Wildman–Crippen LogP) is 3.30. The fourth-order valence-electron chi connectivity index (χ4n) is 2.74. The molecule has 0 aromatic heterocycles. The molecule has 112 valence electrons. The molecule has 1 aromatic carbocycles. The molecule has 1 aromatic rings. The summed E-state index contributed by atoms with van der Waals surface area (Å²) >= 11 is 0. The first-order valence-electron chi connectivity index (χ1n) is 7.45. The van der Waals surface area contributed by atoms with Crippen LogP contribution < -0.4 is 5.32 Å². The minimum atomic E-state index is -0.523. The Morgan fingerprint density at radius 3 is 2.90 bits per heavy atom. The van der Waals surface area contributed by atoms with Gasteiger partial charge in [0.1, 0.15) is 11.6 Å². The molecular weight excluding hydrogens is 260 g/mol. The molecule has 2 rings (SSSR count). The number of rotatable bonds is 6. The maximum absolute atomic E-state index is 13.8. The van der Waals surface area contributed by atoms with Gasteiger partial charge in [-0.25, -0.2) is 8.78 Å². The van der Waals surface area contributed by atoms with Gasteiger partial charge in [0.25, 0.3) is 0 Å². The van der Waals surface area contributed by atoms with Crippen LogP contribution in [-0.2, 0) is 11.2 Å². The zero-order valence-corrected chi connectivity index (χ0v) is 12.0. The number of halogens is 2. The van der Waals surface area contributed by atoms with E-state index >= 15 is 0 Å². The Morgan fingerprint density at radius 1 is 1.40 bits per heavy atom. The Bertz CT molecular complexity index is 419. The van der Waals surface area contributed by atoms with Gasteiger partial charge in [0.05, 0.1) is 6.61 Å². The van der Waals surface area contributed by atoms with E-state index < -0.39 is 11.6 Å². The zero-order chi connectivity index (χ0) is 14.4. The van der Waals surface area contributed by atoms with Crippen molar-refractivity contribution >= 4 is 0 Å². The molecule has 0 amide bonds. The van der Waals surface area contributed by atoms with Crippen LogP contribution in [0.5, 0.6) is 0 Å². The Kier molecular flexibility index (Phi) is 5.92. The summed E-state index contributed by atoms with van der Waals surface area (Å²) in [6.45, 7) is 4.57. The van der Waals surface area contributed by atoms with E-state index in [9.17, 15) is 8.78 Å². The molecule has 1 aliphatic heterocycles. The summed E-state index contributed by atoms with van der Waals surface area (Å²) in [7, 11) is 0. The molecule has 0 saturated carbocycles. The van der Waals surface area contributed by atoms with Gasteiger partial charge < -0.3 is 10.1 Å². The Morgan fingerprint density at radius 2 is 2.25 bits per heavy atom. The molecule has 0 aliphatic carbocycles. The van der Waals surface area contributed by atoms with E-state index in [0.717, 1.165) is 45.1 Å². The largest absolute Gasteiger partial charge is 0.381 e. The molecule has 1 N–H and O–H groups in total. The third kappa shape index (κ3) is 4.25. The minimum absolute atomic E-state index is 0.190. The number of benzene rings is 1. The van der Waals surface area contributed by atoms with Crippen LogP contribution in [0.3, 0.4) is 0 Å². The predicted molar refractivity (Wildman–Crippen MR) is 75.7 cm³/mol. The van der Waals surface area contributed by atoms with Gasteiger partial charge in [-0.15, -0.1) is 0 Å². The highest BCUT2D eigenvalue weighted by molar-refractivity contribution is 5.20. The van der Waals surface area contributed by atoms with Gasteiger partial charge in [-0.1, -0.05) is 13.0 Å². The number of nitrogens with one attached hydrogen (secondary N) is 1. The maximum atomic E-state index is 13.8. The summed E-state index contributed by atoms with van der Waals surface area (Å²) in [6.07, 6.45) is 3.78. The Labute approximate surface area is 119 Å². The highest BCUT2D eigenvalue weighted by Crippen LogP contribution is 2.22. The standard InChI is InChI=1S/C16H23F2NO/c1-2-7-19-16(13-4-3-8-20-11-13)9-12-5-6-14(17)10-15(12)18/h5-6,10,13,16,19H,2-4,7-9,11H2,1H3. The summed E-state index contributed by atoms with van der Waals surface area (Å²) in [5.74, 6) is -0.574. The summed E-state index contributed by atoms with van der Waals surface area (Å²) in [5, 5.41) is 3.49. The summed E-state index contributed by atoms with van der Waals surface area (Å²) < 4.78 is 32.3. The van der Waals surface area contributed by atoms with E-state index in [1.54, 1.807) is 6.07 Å². The van der Waals surface area contributed by atoms with Crippen LogP contribution in [0.25, 0.3) is 0 Å². The molecule has 0 radical (unpaired) electrons. The van der Waals surface area contributed by atoms with Crippen molar-refractivity contribution < 1.29 is 13.5 Å². The molecule has 0 bridgehead atoms. The molecule has 1 heterocycles. The lowest BCUT2D eigenvalue weighted by Crippen LogP contribution is -2.42. The molecule has 1 aliphatic rings. The second kappa shape index (κ2) is 7.70. The first-order chi connectivity index (χ1) is 9.70. The number of ether oxygens (including phenoxy) is 1. The molecule has 2 unspecified atom stereocenters. The highest BCUT2D eigenvalue weighted by Gasteiger charge is 2.24. The molecule has 4 heteroatoms. The van der Waals surface area contributed by atoms with Gasteiger partial charge >= 0.3 is 0 Å². The van der Waals surface area contributed by atoms with Crippen molar-refractivity contribution in [1.29, 1.82) is 0 Å². The van der Waals surface area contributed by atoms with Crippen LogP contribution in [0, 0.1) is 17.6 Å². The van der Waals surface area contributed by atoms with Crippen LogP contribution in [0.15, 0.2) is 18.2 Å². The van der Waals surface area contributed by atoms with Gasteiger partial charge in [0, 0.05) is 18.7 Å². The lowest BCUT2D eigenvalue weighted by Gasteiger charge is -2.31. The SMILES string of the molecule is CCCNC(Cc1ccc(F)cc1F)C1CCCOC1. The van der Waals surface area contributed by atoms with Crippen molar-refractivity contribution in [1.82, 2.24) is 5.32 Å². The monoisotopic (exact) mass is 283 g/mol. The van der Waals surface area contributed by atoms with Gasteiger partial charge in [-0.05, 0) is 49.8 Å². The molecule has 2 nitrogen and oxygen atoms in total. The van der Waals surface area contributed by atoms with E-state index in [1.807, 2.05) is 0 Å². The van der Waals surface area contributed by atoms with E-state index in [0.29, 0.717) is 17.9 Å². The van der Waals surface area contributed by atoms with Gasteiger partial charge in [-0.3, -0.25) is 0 Å². The second-order valence-electron chi connectivity index (χ2n) is 5.48. The highest BCUT2D eigenvalue weighted by atomic mass is 19.1. The van der Waals surface area contributed by atoms with Gasteiger partial charge in [0.15, 0.2) is 0 Å². The lowest BCUT2D eigenvalue weighted by molar-refractivity contribution is 0.0392. The van der Waals surface area contributed by atoms with Crippen molar-refractivity contribution in [3.8, 4) is 0 Å². The van der Waals surface area contributed by atoms with Crippen LogP contribution in [0.4, 0.5) is 8.78 Å². The van der Waals surface area contributed by atoms with Crippen LogP contribution >= 0.6 is 0 Å². The van der Waals surface area contributed by atoms with Crippen molar-refractivity contribution in [3.05, 3.63) is 35.4 Å². The average Bonchev–Trinajstić information content (AvgIpc) is 2.46. The number of hydrogen-bond acceptors (Lipinski definition) is 2. The Balaban J connectivity index is 2.05. The summed E-state index contributed by atoms with van der Waals surface area (Å²) in [6, 6.07) is 4.03. The third-order valence-electron chi connectivity index (χ3n) is 3.88. The van der Waals surface area contributed by atoms with E-state index in [4.69, 9.17) is 4.74 Å². The maximum Gasteiger partial charge on any atom is 0.129 e. The van der Waals surface area contributed by atoms with Crippen molar-refractivity contribution in [2.24, 2.45) is 5.92 Å². The quantitative estimate of drug-likeness (QED) is 0.865. The van der Waals surface area contributed by atoms with Crippen LogP contribution in [-0.4, -0.2) is 25.8 Å². The normalized spacial score (nSPS) is 20.9. The molecule has 1 saturated heterocycles. The second-order valence-corrected chi connectivity index (χ2v) is 5.48. The molecule has 20 heavy (non-hydrogen) atoms. The van der Waals surface area contributed by atoms with Crippen LogP contribution in [0.1, 0.15) is 31.7 Å².